The summed E-state index contributed by atoms with van der Waals surface area (Å²) in [5.74, 6) is -7.03. The fraction of sp³-hybridized carbons (Fsp3) is 0.600. The van der Waals surface area contributed by atoms with E-state index in [1.807, 2.05) is 0 Å². The van der Waals surface area contributed by atoms with E-state index in [9.17, 15) is 46.1 Å². The molecule has 2 aromatic rings. The summed E-state index contributed by atoms with van der Waals surface area (Å²) >= 11 is 1.86. The molecule has 3 saturated heterocycles. The van der Waals surface area contributed by atoms with Crippen LogP contribution in [0.4, 0.5) is 26.3 Å². The molecule has 3 heterocycles. The van der Waals surface area contributed by atoms with E-state index in [-0.39, 0.29) is 38.5 Å². The van der Waals surface area contributed by atoms with E-state index in [2.05, 4.69) is 0 Å². The van der Waals surface area contributed by atoms with Crippen LogP contribution < -0.4 is 0 Å². The van der Waals surface area contributed by atoms with Gasteiger partial charge in [-0.3, -0.25) is 9.59 Å². The van der Waals surface area contributed by atoms with Crippen molar-refractivity contribution in [2.45, 2.75) is 108 Å². The monoisotopic (exact) mass is 890 g/mol. The molecule has 7 rings (SSSR count). The first kappa shape index (κ1) is 44.5. The van der Waals surface area contributed by atoms with Crippen LogP contribution in [0.2, 0.25) is 0 Å². The van der Waals surface area contributed by atoms with Gasteiger partial charge < -0.3 is 39.0 Å². The number of alkyl halides is 6. The minimum atomic E-state index is -5.29. The molecule has 2 amide bonds. The zero-order chi connectivity index (χ0) is 43.8. The van der Waals surface area contributed by atoms with Crippen LogP contribution in [-0.2, 0) is 49.3 Å². The average molecular weight is 891 g/mol. The topological polar surface area (TPSA) is 152 Å². The Morgan fingerprint density at radius 3 is 1.25 bits per heavy atom. The van der Waals surface area contributed by atoms with Crippen LogP contribution in [0.3, 0.4) is 0 Å². The van der Waals surface area contributed by atoms with Gasteiger partial charge in [-0.2, -0.15) is 26.3 Å². The van der Waals surface area contributed by atoms with E-state index in [0.717, 1.165) is 62.0 Å². The predicted molar refractivity (Wildman–Crippen MR) is 203 cm³/mol. The number of carbonyl (C=O) groups excluding carboxylic acids is 4. The van der Waals surface area contributed by atoms with Crippen molar-refractivity contribution in [3.63, 3.8) is 0 Å². The molecule has 12 atom stereocenters. The standard InChI is InChI=1S/C40H44F6N2O10S2/c1-55-37(39(41,42)43,21-11-7-5-8-12-21)33(53)57-27-17-15-25(49)29-23(27)19-35(59-3)31(51)48-30-24(20-36(48,60-4)32(52)47(29)35)28(18-16-26(30)50)58-34(54)38(56-2,40(44,45)46)22-13-9-6-10-14-22/h5-14,23-30,49-50H,15-20H2,1-4H3/t23-,24-,25+,26+,27+,28+,29+,30+,35-,36-,37+,38+/m1/s1. The number of hydrogen-bond acceptors (Lipinski definition) is 12. The quantitative estimate of drug-likeness (QED) is 0.247. The number of hydrogen-bond donors (Lipinski definition) is 2. The molecule has 2 aromatic carbocycles. The Hall–Kier alpha value is -3.56. The summed E-state index contributed by atoms with van der Waals surface area (Å²) in [5, 5.41) is 23.1. The van der Waals surface area contributed by atoms with E-state index in [1.165, 1.54) is 58.7 Å². The Morgan fingerprint density at radius 2 is 0.967 bits per heavy atom. The first-order chi connectivity index (χ1) is 28.3. The maximum absolute atomic E-state index is 15.3. The van der Waals surface area contributed by atoms with Gasteiger partial charge in [-0.25, -0.2) is 9.59 Å². The maximum Gasteiger partial charge on any atom is 0.432 e. The lowest BCUT2D eigenvalue weighted by Crippen LogP contribution is -2.75. The number of amides is 2. The second kappa shape index (κ2) is 15.7. The third-order valence-electron chi connectivity index (χ3n) is 13.2. The highest BCUT2D eigenvalue weighted by molar-refractivity contribution is 8.01. The van der Waals surface area contributed by atoms with Crippen molar-refractivity contribution < 1.29 is 74.7 Å². The number of fused-ring (bicyclic) bond motifs is 6. The Kier molecular flexibility index (Phi) is 11.6. The van der Waals surface area contributed by atoms with E-state index in [0.29, 0.717) is 0 Å². The lowest BCUT2D eigenvalue weighted by Gasteiger charge is -2.55. The third kappa shape index (κ3) is 6.19. The van der Waals surface area contributed by atoms with Gasteiger partial charge in [0.1, 0.15) is 12.2 Å². The number of aliphatic hydroxyl groups is 2. The fourth-order valence-electron chi connectivity index (χ4n) is 10.4. The molecule has 0 spiro atoms. The molecule has 12 nitrogen and oxygen atoms in total. The van der Waals surface area contributed by atoms with Crippen LogP contribution >= 0.6 is 23.5 Å². The number of benzene rings is 2. The molecule has 0 unspecified atom stereocenters. The highest BCUT2D eigenvalue weighted by Crippen LogP contribution is 2.62. The lowest BCUT2D eigenvalue weighted by molar-refractivity contribution is -0.280. The zero-order valence-electron chi connectivity index (χ0n) is 32.8. The summed E-state index contributed by atoms with van der Waals surface area (Å²) in [6, 6.07) is 9.96. The van der Waals surface area contributed by atoms with Gasteiger partial charge in [-0.15, -0.1) is 23.5 Å². The van der Waals surface area contributed by atoms with E-state index >= 15 is 9.59 Å². The molecular formula is C40H44F6N2O10S2. The number of aliphatic hydroxyl groups excluding tert-OH is 2. The van der Waals surface area contributed by atoms with Crippen LogP contribution in [0.25, 0.3) is 0 Å². The van der Waals surface area contributed by atoms with E-state index < -0.39 is 117 Å². The van der Waals surface area contributed by atoms with E-state index in [4.69, 9.17) is 18.9 Å². The van der Waals surface area contributed by atoms with Crippen molar-refractivity contribution in [1.29, 1.82) is 0 Å². The molecule has 5 aliphatic rings. The van der Waals surface area contributed by atoms with Gasteiger partial charge in [0.25, 0.3) is 23.0 Å². The molecule has 0 bridgehead atoms. The summed E-state index contributed by atoms with van der Waals surface area (Å²) in [5.41, 5.74) is -8.14. The summed E-state index contributed by atoms with van der Waals surface area (Å²) < 4.78 is 110. The smallest absolute Gasteiger partial charge is 0.432 e. The van der Waals surface area contributed by atoms with Crippen LogP contribution in [-0.4, -0.2) is 129 Å². The molecule has 20 heteroatoms. The number of piperazine rings is 1. The molecule has 2 N–H and O–H groups in total. The maximum atomic E-state index is 15.3. The van der Waals surface area contributed by atoms with Gasteiger partial charge in [0.05, 0.1) is 24.3 Å². The zero-order valence-corrected chi connectivity index (χ0v) is 34.4. The van der Waals surface area contributed by atoms with Crippen molar-refractivity contribution in [3.05, 3.63) is 71.8 Å². The highest BCUT2D eigenvalue weighted by Gasteiger charge is 2.76. The molecule has 3 aliphatic heterocycles. The van der Waals surface area contributed by atoms with Crippen molar-refractivity contribution in [1.82, 2.24) is 9.80 Å². The number of thioether (sulfide) groups is 2. The fourth-order valence-corrected chi connectivity index (χ4v) is 12.5. The Bertz CT molecular complexity index is 1840. The van der Waals surface area contributed by atoms with Gasteiger partial charge in [0.2, 0.25) is 0 Å². The minimum absolute atomic E-state index is 0.112. The molecule has 5 fully saturated rings. The molecule has 60 heavy (non-hydrogen) atoms. The van der Waals surface area contributed by atoms with Crippen molar-refractivity contribution in [2.24, 2.45) is 11.8 Å². The number of halogens is 6. The van der Waals surface area contributed by atoms with Crippen LogP contribution in [0.15, 0.2) is 60.7 Å². The lowest BCUT2D eigenvalue weighted by atomic mass is 9.79. The first-order valence-corrected chi connectivity index (χ1v) is 21.6. The van der Waals surface area contributed by atoms with Crippen molar-refractivity contribution in [3.8, 4) is 0 Å². The summed E-state index contributed by atoms with van der Waals surface area (Å²) in [6.45, 7) is 0. The number of methoxy groups -OCH3 is 2. The first-order valence-electron chi connectivity index (χ1n) is 19.2. The van der Waals surface area contributed by atoms with Gasteiger partial charge >= 0.3 is 24.3 Å². The highest BCUT2D eigenvalue weighted by atomic mass is 32.2. The SMILES string of the molecule is CO[C@](C(=O)O[C@H]1CC[C@H](O)[C@@H]2[C@@H]1C[C@@]1(SC)C(=O)N3[C@H]4[C@H](C[C@@]3(SC)C(=O)N21)[C@@H](OC(=O)[C@@](OC)(c1ccccc1)C(F)(F)F)CC[C@@H]4O)(c1ccccc1)C(F)(F)F. The van der Waals surface area contributed by atoms with Gasteiger partial charge in [0, 0.05) is 37.2 Å². The number of carbonyl (C=O) groups is 4. The van der Waals surface area contributed by atoms with Crippen LogP contribution in [0, 0.1) is 11.8 Å². The summed E-state index contributed by atoms with van der Waals surface area (Å²) in [6.07, 6.45) is -13.8. The number of rotatable bonds is 10. The largest absolute Gasteiger partial charge is 0.459 e. The molecule has 328 valence electrons. The number of nitrogens with zero attached hydrogens (tertiary/aromatic N) is 2. The molecule has 0 aromatic heterocycles. The van der Waals surface area contributed by atoms with Gasteiger partial charge in [0.15, 0.2) is 9.74 Å². The Morgan fingerprint density at radius 1 is 0.633 bits per heavy atom. The summed E-state index contributed by atoms with van der Waals surface area (Å²) in [7, 11) is 1.46. The second-order valence-corrected chi connectivity index (χ2v) is 17.9. The third-order valence-corrected chi connectivity index (χ3v) is 15.6. The van der Waals surface area contributed by atoms with Gasteiger partial charge in [-0.1, -0.05) is 60.7 Å². The van der Waals surface area contributed by atoms with Crippen LogP contribution in [0.5, 0.6) is 0 Å². The molecular weight excluding hydrogens is 847 g/mol. The summed E-state index contributed by atoms with van der Waals surface area (Å²) in [4.78, 5) is 57.0. The normalized spacial score (nSPS) is 34.7. The minimum Gasteiger partial charge on any atom is -0.459 e. The number of esters is 2. The van der Waals surface area contributed by atoms with E-state index in [1.54, 1.807) is 0 Å². The Labute approximate surface area is 349 Å². The van der Waals surface area contributed by atoms with Gasteiger partial charge in [-0.05, 0) is 51.0 Å². The van der Waals surface area contributed by atoms with Crippen LogP contribution in [0.1, 0.15) is 49.7 Å². The predicted octanol–water partition coefficient (Wildman–Crippen LogP) is 4.89. The second-order valence-electron chi connectivity index (χ2n) is 15.7. The molecule has 2 saturated carbocycles. The van der Waals surface area contributed by atoms with Crippen molar-refractivity contribution >= 4 is 47.3 Å². The Balaban J connectivity index is 1.23. The molecule has 0 radical (unpaired) electrons. The average Bonchev–Trinajstić information content (AvgIpc) is 3.77. The van der Waals surface area contributed by atoms with Crippen molar-refractivity contribution in [2.75, 3.05) is 26.7 Å². The number of ether oxygens (including phenoxy) is 4. The molecule has 2 aliphatic carbocycles.